The molecule has 0 saturated carbocycles. The van der Waals surface area contributed by atoms with Gasteiger partial charge in [-0.05, 0) is 43.3 Å². The molecule has 2 aromatic carbocycles. The van der Waals surface area contributed by atoms with E-state index in [0.717, 1.165) is 0 Å². The first-order valence-electron chi connectivity index (χ1n) is 8.88. The van der Waals surface area contributed by atoms with Gasteiger partial charge in [-0.1, -0.05) is 0 Å². The van der Waals surface area contributed by atoms with Crippen LogP contribution in [0.25, 0.3) is 0 Å². The average Bonchev–Trinajstić information content (AvgIpc) is 2.75. The second-order valence-electron chi connectivity index (χ2n) is 6.15. The van der Waals surface area contributed by atoms with Crippen LogP contribution in [0.1, 0.15) is 27.6 Å². The molecule has 0 atom stereocenters. The molecule has 0 radical (unpaired) electrons. The van der Waals surface area contributed by atoms with Crippen LogP contribution < -0.4 is 18.9 Å². The van der Waals surface area contributed by atoms with Crippen molar-refractivity contribution in [2.45, 2.75) is 6.92 Å². The third-order valence-electron chi connectivity index (χ3n) is 4.14. The van der Waals surface area contributed by atoms with Gasteiger partial charge >= 0.3 is 5.97 Å². The Kier molecular flexibility index (Phi) is 6.33. The number of hydrogen-bond donors (Lipinski definition) is 0. The zero-order chi connectivity index (χ0) is 20.8. The molecule has 0 amide bonds. The number of esters is 1. The molecule has 0 spiro atoms. The minimum atomic E-state index is -0.714. The van der Waals surface area contributed by atoms with Crippen LogP contribution in [0.2, 0.25) is 0 Å². The third-order valence-corrected chi connectivity index (χ3v) is 4.14. The summed E-state index contributed by atoms with van der Waals surface area (Å²) in [5, 5.41) is 0. The standard InChI is InChI=1S/C21H20O8/c1-13(22)14-3-5-17(19(9-14)25-2)28-12-21(24)29-11-16(23)15-4-6-18-20(10-15)27-8-7-26-18/h3-6,9-10H,7-8,11-12H2,1-2H3. The molecule has 1 aliphatic heterocycles. The highest BCUT2D eigenvalue weighted by molar-refractivity contribution is 5.98. The van der Waals surface area contributed by atoms with E-state index in [0.29, 0.717) is 41.6 Å². The molecule has 8 nitrogen and oxygen atoms in total. The summed E-state index contributed by atoms with van der Waals surface area (Å²) in [5.74, 6) is 0.450. The van der Waals surface area contributed by atoms with E-state index in [1.165, 1.54) is 26.2 Å². The number of ketones is 2. The Balaban J connectivity index is 1.52. The molecule has 0 unspecified atom stereocenters. The molecule has 0 aromatic heterocycles. The van der Waals surface area contributed by atoms with Gasteiger partial charge in [-0.15, -0.1) is 0 Å². The van der Waals surface area contributed by atoms with E-state index in [-0.39, 0.29) is 17.3 Å². The van der Waals surface area contributed by atoms with E-state index in [1.54, 1.807) is 24.3 Å². The Morgan fingerprint density at radius 3 is 2.34 bits per heavy atom. The van der Waals surface area contributed by atoms with Crippen molar-refractivity contribution in [2.24, 2.45) is 0 Å². The Bertz CT molecular complexity index is 934. The average molecular weight is 400 g/mol. The highest BCUT2D eigenvalue weighted by atomic mass is 16.6. The first kappa shape index (κ1) is 20.2. The van der Waals surface area contributed by atoms with Gasteiger partial charge in [0.15, 0.2) is 47.8 Å². The van der Waals surface area contributed by atoms with Crippen molar-refractivity contribution < 1.29 is 38.1 Å². The maximum absolute atomic E-state index is 12.2. The van der Waals surface area contributed by atoms with E-state index in [4.69, 9.17) is 23.7 Å². The summed E-state index contributed by atoms with van der Waals surface area (Å²) in [6.07, 6.45) is 0. The predicted molar refractivity (Wildman–Crippen MR) is 101 cm³/mol. The summed E-state index contributed by atoms with van der Waals surface area (Å²) in [7, 11) is 1.43. The Morgan fingerprint density at radius 2 is 1.62 bits per heavy atom. The minimum Gasteiger partial charge on any atom is -0.493 e. The predicted octanol–water partition coefficient (Wildman–Crippen LogP) is 2.47. The first-order valence-corrected chi connectivity index (χ1v) is 8.88. The summed E-state index contributed by atoms with van der Waals surface area (Å²) in [6.45, 7) is 1.46. The van der Waals surface area contributed by atoms with Crippen molar-refractivity contribution in [3.05, 3.63) is 47.5 Å². The number of Topliss-reactive ketones (excluding diaryl/α,β-unsaturated/α-hetero) is 2. The summed E-state index contributed by atoms with van der Waals surface area (Å²) in [4.78, 5) is 35.6. The van der Waals surface area contributed by atoms with Gasteiger partial charge in [0.2, 0.25) is 0 Å². The van der Waals surface area contributed by atoms with Crippen LogP contribution >= 0.6 is 0 Å². The molecular weight excluding hydrogens is 380 g/mol. The number of hydrogen-bond acceptors (Lipinski definition) is 8. The van der Waals surface area contributed by atoms with Crippen LogP contribution in [-0.4, -0.2) is 51.1 Å². The van der Waals surface area contributed by atoms with Crippen molar-refractivity contribution in [1.82, 2.24) is 0 Å². The second kappa shape index (κ2) is 9.09. The van der Waals surface area contributed by atoms with Crippen LogP contribution in [0.15, 0.2) is 36.4 Å². The van der Waals surface area contributed by atoms with Crippen LogP contribution in [0.3, 0.4) is 0 Å². The Hall–Kier alpha value is -3.55. The smallest absolute Gasteiger partial charge is 0.344 e. The number of rotatable bonds is 8. The monoisotopic (exact) mass is 400 g/mol. The molecule has 1 heterocycles. The number of carbonyl (C=O) groups is 3. The van der Waals surface area contributed by atoms with E-state index >= 15 is 0 Å². The molecule has 152 valence electrons. The van der Waals surface area contributed by atoms with Gasteiger partial charge in [-0.3, -0.25) is 9.59 Å². The molecule has 29 heavy (non-hydrogen) atoms. The number of ether oxygens (including phenoxy) is 5. The number of carbonyl (C=O) groups excluding carboxylic acids is 3. The van der Waals surface area contributed by atoms with Gasteiger partial charge < -0.3 is 23.7 Å². The van der Waals surface area contributed by atoms with E-state index in [9.17, 15) is 14.4 Å². The van der Waals surface area contributed by atoms with E-state index < -0.39 is 19.2 Å². The van der Waals surface area contributed by atoms with Gasteiger partial charge in [0.1, 0.15) is 13.2 Å². The second-order valence-corrected chi connectivity index (χ2v) is 6.15. The SMILES string of the molecule is COc1cc(C(C)=O)ccc1OCC(=O)OCC(=O)c1ccc2c(c1)OCCO2. The van der Waals surface area contributed by atoms with Crippen molar-refractivity contribution in [3.63, 3.8) is 0 Å². The highest BCUT2D eigenvalue weighted by Crippen LogP contribution is 2.31. The highest BCUT2D eigenvalue weighted by Gasteiger charge is 2.17. The van der Waals surface area contributed by atoms with Gasteiger partial charge in [-0.2, -0.15) is 0 Å². The largest absolute Gasteiger partial charge is 0.493 e. The Labute approximate surface area is 167 Å². The molecule has 0 fully saturated rings. The normalized spacial score (nSPS) is 12.1. The van der Waals surface area contributed by atoms with Gasteiger partial charge in [0.05, 0.1) is 7.11 Å². The maximum Gasteiger partial charge on any atom is 0.344 e. The quantitative estimate of drug-likeness (QED) is 0.492. The van der Waals surface area contributed by atoms with Crippen molar-refractivity contribution in [3.8, 4) is 23.0 Å². The summed E-state index contributed by atoms with van der Waals surface area (Å²) in [5.41, 5.74) is 0.811. The van der Waals surface area contributed by atoms with Crippen LogP contribution in [0.4, 0.5) is 0 Å². The van der Waals surface area contributed by atoms with Crippen molar-refractivity contribution in [1.29, 1.82) is 0 Å². The van der Waals surface area contributed by atoms with Crippen molar-refractivity contribution in [2.75, 3.05) is 33.5 Å². The fraction of sp³-hybridized carbons (Fsp3) is 0.286. The topological polar surface area (TPSA) is 97.4 Å². The first-order chi connectivity index (χ1) is 14.0. The molecular formula is C21H20O8. The third kappa shape index (κ3) is 5.04. The van der Waals surface area contributed by atoms with Crippen LogP contribution in [0, 0.1) is 0 Å². The van der Waals surface area contributed by atoms with E-state index in [1.807, 2.05) is 0 Å². The van der Waals surface area contributed by atoms with Gasteiger partial charge in [0.25, 0.3) is 0 Å². The minimum absolute atomic E-state index is 0.119. The molecule has 0 bridgehead atoms. The summed E-state index contributed by atoms with van der Waals surface area (Å²) >= 11 is 0. The zero-order valence-electron chi connectivity index (χ0n) is 16.1. The van der Waals surface area contributed by atoms with Crippen LogP contribution in [0.5, 0.6) is 23.0 Å². The molecule has 1 aliphatic rings. The lowest BCUT2D eigenvalue weighted by Crippen LogP contribution is -2.20. The fourth-order valence-electron chi connectivity index (χ4n) is 2.63. The van der Waals surface area contributed by atoms with Crippen molar-refractivity contribution >= 4 is 17.5 Å². The molecule has 3 rings (SSSR count). The fourth-order valence-corrected chi connectivity index (χ4v) is 2.63. The zero-order valence-corrected chi connectivity index (χ0v) is 16.1. The lowest BCUT2D eigenvalue weighted by Gasteiger charge is -2.18. The van der Waals surface area contributed by atoms with Gasteiger partial charge in [-0.25, -0.2) is 4.79 Å². The molecule has 0 saturated heterocycles. The molecule has 0 N–H and O–H groups in total. The molecule has 2 aromatic rings. The number of benzene rings is 2. The Morgan fingerprint density at radius 1 is 0.897 bits per heavy atom. The van der Waals surface area contributed by atoms with E-state index in [2.05, 4.69) is 0 Å². The summed E-state index contributed by atoms with van der Waals surface area (Å²) < 4.78 is 26.4. The molecule has 8 heteroatoms. The number of fused-ring (bicyclic) bond motifs is 1. The molecule has 0 aliphatic carbocycles. The van der Waals surface area contributed by atoms with Crippen LogP contribution in [-0.2, 0) is 9.53 Å². The maximum atomic E-state index is 12.2. The van der Waals surface area contributed by atoms with Gasteiger partial charge in [0, 0.05) is 11.1 Å². The summed E-state index contributed by atoms with van der Waals surface area (Å²) in [6, 6.07) is 9.41. The number of methoxy groups -OCH3 is 1. The lowest BCUT2D eigenvalue weighted by atomic mass is 10.1. The lowest BCUT2D eigenvalue weighted by molar-refractivity contribution is -0.144.